The van der Waals surface area contributed by atoms with Crippen LogP contribution in [0.25, 0.3) is 11.8 Å². The van der Waals surface area contributed by atoms with Crippen molar-refractivity contribution in [2.24, 2.45) is 0 Å². The molecule has 29 heavy (non-hydrogen) atoms. The van der Waals surface area contributed by atoms with E-state index in [4.69, 9.17) is 11.6 Å². The van der Waals surface area contributed by atoms with E-state index in [1.165, 1.54) is 10.8 Å². The van der Waals surface area contributed by atoms with Crippen LogP contribution in [0.15, 0.2) is 23.0 Å². The highest BCUT2D eigenvalue weighted by molar-refractivity contribution is 7.07. The predicted octanol–water partition coefficient (Wildman–Crippen LogP) is 0.162. The van der Waals surface area contributed by atoms with E-state index in [9.17, 15) is 19.6 Å². The summed E-state index contributed by atoms with van der Waals surface area (Å²) in [5, 5.41) is 17.4. The SMILES string of the molecule is CCNC(=O)C(C#N)=c1sc(=CNc2cccc(NC(=O)CCl)n2)c(=O)n1CC. The van der Waals surface area contributed by atoms with Crippen LogP contribution < -0.4 is 30.7 Å². The average Bonchev–Trinajstić information content (AvgIpc) is 3.02. The lowest BCUT2D eigenvalue weighted by molar-refractivity contribution is -0.115. The van der Waals surface area contributed by atoms with Crippen molar-refractivity contribution in [1.82, 2.24) is 14.9 Å². The molecule has 11 heteroatoms. The second-order valence-corrected chi connectivity index (χ2v) is 6.84. The van der Waals surface area contributed by atoms with Crippen molar-refractivity contribution >= 4 is 58.2 Å². The number of hydrogen-bond acceptors (Lipinski definition) is 7. The largest absolute Gasteiger partial charge is 0.352 e. The molecule has 0 aliphatic heterocycles. The van der Waals surface area contributed by atoms with Crippen LogP contribution in [-0.4, -0.2) is 33.8 Å². The van der Waals surface area contributed by atoms with Gasteiger partial charge in [-0.3, -0.25) is 19.0 Å². The van der Waals surface area contributed by atoms with Crippen molar-refractivity contribution in [2.45, 2.75) is 20.4 Å². The van der Waals surface area contributed by atoms with Crippen LogP contribution in [0.2, 0.25) is 0 Å². The van der Waals surface area contributed by atoms with E-state index in [0.717, 1.165) is 11.3 Å². The van der Waals surface area contributed by atoms with Gasteiger partial charge in [0, 0.05) is 19.3 Å². The predicted molar refractivity (Wildman–Crippen MR) is 113 cm³/mol. The maximum Gasteiger partial charge on any atom is 0.270 e. The van der Waals surface area contributed by atoms with Crippen molar-refractivity contribution in [3.8, 4) is 6.07 Å². The molecule has 0 saturated carbocycles. The smallest absolute Gasteiger partial charge is 0.270 e. The molecule has 2 amide bonds. The van der Waals surface area contributed by atoms with Gasteiger partial charge in [-0.2, -0.15) is 5.26 Å². The number of amides is 2. The van der Waals surface area contributed by atoms with Gasteiger partial charge in [-0.05, 0) is 26.0 Å². The minimum absolute atomic E-state index is 0.112. The van der Waals surface area contributed by atoms with E-state index in [1.54, 1.807) is 32.0 Å². The first-order chi connectivity index (χ1) is 13.9. The van der Waals surface area contributed by atoms with Crippen LogP contribution in [0.3, 0.4) is 0 Å². The molecule has 0 spiro atoms. The molecule has 0 radical (unpaired) electrons. The number of hydrogen-bond donors (Lipinski definition) is 3. The summed E-state index contributed by atoms with van der Waals surface area (Å²) in [7, 11) is 0. The lowest BCUT2D eigenvalue weighted by Gasteiger charge is -2.04. The standard InChI is InChI=1S/C18H19ClN6O3S/c1-3-21-16(27)11(9-20)18-25(4-2)17(28)12(29-18)10-22-13-6-5-7-14(23-13)24-15(26)8-19/h5-7,10H,3-4,8H2,1-2H3,(H,21,27)(H2,22,23,24,26). The van der Waals surface area contributed by atoms with Gasteiger partial charge < -0.3 is 16.0 Å². The Labute approximate surface area is 175 Å². The molecule has 0 unspecified atom stereocenters. The topological polar surface area (TPSA) is 129 Å². The summed E-state index contributed by atoms with van der Waals surface area (Å²) in [6.45, 7) is 4.18. The Balaban J connectivity index is 2.46. The number of carbonyl (C=O) groups excluding carboxylic acids is 2. The summed E-state index contributed by atoms with van der Waals surface area (Å²) < 4.78 is 1.96. The zero-order chi connectivity index (χ0) is 21.4. The van der Waals surface area contributed by atoms with E-state index < -0.39 is 5.91 Å². The third-order valence-corrected chi connectivity index (χ3v) is 4.98. The number of pyridine rings is 1. The highest BCUT2D eigenvalue weighted by Crippen LogP contribution is 2.09. The third kappa shape index (κ3) is 5.43. The molecule has 0 aromatic carbocycles. The maximum absolute atomic E-state index is 12.6. The molecule has 0 fully saturated rings. The molecular formula is C18H19ClN6O3S. The molecule has 0 aliphatic rings. The van der Waals surface area contributed by atoms with Crippen molar-refractivity contribution in [3.63, 3.8) is 0 Å². The quantitative estimate of drug-likeness (QED) is 0.532. The monoisotopic (exact) mass is 434 g/mol. The summed E-state index contributed by atoms with van der Waals surface area (Å²) in [5.74, 6) is -0.406. The van der Waals surface area contributed by atoms with Crippen molar-refractivity contribution in [3.05, 3.63) is 37.7 Å². The molecule has 0 atom stereocenters. The van der Waals surface area contributed by atoms with Gasteiger partial charge in [0.05, 0.1) is 0 Å². The average molecular weight is 435 g/mol. The summed E-state index contributed by atoms with van der Waals surface area (Å²) in [4.78, 5) is 40.4. The first kappa shape index (κ1) is 22.1. The van der Waals surface area contributed by atoms with E-state index in [0.29, 0.717) is 29.3 Å². The van der Waals surface area contributed by atoms with Gasteiger partial charge in [0.2, 0.25) is 5.91 Å². The zero-order valence-corrected chi connectivity index (χ0v) is 17.4. The number of alkyl halides is 1. The van der Waals surface area contributed by atoms with Crippen molar-refractivity contribution in [2.75, 3.05) is 23.1 Å². The number of carbonyl (C=O) groups is 2. The molecule has 2 aromatic heterocycles. The molecule has 0 aliphatic carbocycles. The molecule has 2 rings (SSSR count). The lowest BCUT2D eigenvalue weighted by Crippen LogP contribution is -2.34. The Kier molecular flexibility index (Phi) is 7.94. The molecule has 2 heterocycles. The van der Waals surface area contributed by atoms with E-state index in [1.807, 2.05) is 6.07 Å². The Morgan fingerprint density at radius 2 is 2.07 bits per heavy atom. The fourth-order valence-corrected chi connectivity index (χ4v) is 3.49. The summed E-state index contributed by atoms with van der Waals surface area (Å²) in [6, 6.07) is 6.81. The number of nitrogens with zero attached hydrogens (tertiary/aromatic N) is 3. The molecule has 0 bridgehead atoms. The minimum atomic E-state index is -0.526. The highest BCUT2D eigenvalue weighted by atomic mass is 35.5. The fourth-order valence-electron chi connectivity index (χ4n) is 2.34. The minimum Gasteiger partial charge on any atom is -0.352 e. The Hall–Kier alpha value is -3.16. The number of aromatic nitrogens is 2. The molecule has 9 nitrogen and oxygen atoms in total. The highest BCUT2D eigenvalue weighted by Gasteiger charge is 2.14. The Bertz CT molecular complexity index is 1130. The number of thiazole rings is 1. The van der Waals surface area contributed by atoms with E-state index in [2.05, 4.69) is 20.9 Å². The summed E-state index contributed by atoms with van der Waals surface area (Å²) in [5.41, 5.74) is -0.442. The first-order valence-corrected chi connectivity index (χ1v) is 10.0. The fraction of sp³-hybridized carbons (Fsp3) is 0.278. The van der Waals surface area contributed by atoms with E-state index >= 15 is 0 Å². The van der Waals surface area contributed by atoms with Gasteiger partial charge in [0.1, 0.15) is 32.8 Å². The molecule has 3 N–H and O–H groups in total. The summed E-state index contributed by atoms with van der Waals surface area (Å²) >= 11 is 6.49. The molecule has 2 aromatic rings. The number of rotatable bonds is 7. The number of nitriles is 1. The van der Waals surface area contributed by atoms with Crippen LogP contribution in [0.5, 0.6) is 0 Å². The second-order valence-electron chi connectivity index (χ2n) is 5.55. The number of halogens is 1. The van der Waals surface area contributed by atoms with Crippen LogP contribution in [0.1, 0.15) is 13.8 Å². The van der Waals surface area contributed by atoms with Gasteiger partial charge in [0.25, 0.3) is 11.5 Å². The zero-order valence-electron chi connectivity index (χ0n) is 15.8. The van der Waals surface area contributed by atoms with Gasteiger partial charge >= 0.3 is 0 Å². The number of nitrogens with one attached hydrogen (secondary N) is 3. The second kappa shape index (κ2) is 10.4. The number of anilines is 2. The maximum atomic E-state index is 12.6. The molecule has 152 valence electrons. The van der Waals surface area contributed by atoms with Crippen LogP contribution >= 0.6 is 22.9 Å². The van der Waals surface area contributed by atoms with Crippen LogP contribution in [-0.2, 0) is 16.1 Å². The van der Waals surface area contributed by atoms with Crippen LogP contribution in [0, 0.1) is 11.3 Å². The van der Waals surface area contributed by atoms with Gasteiger partial charge in [-0.1, -0.05) is 6.07 Å². The van der Waals surface area contributed by atoms with Crippen molar-refractivity contribution < 1.29 is 9.59 Å². The Morgan fingerprint density at radius 1 is 1.34 bits per heavy atom. The lowest BCUT2D eigenvalue weighted by atomic mass is 10.3. The first-order valence-electron chi connectivity index (χ1n) is 8.66. The third-order valence-electron chi connectivity index (χ3n) is 3.60. The summed E-state index contributed by atoms with van der Waals surface area (Å²) in [6.07, 6.45) is 1.45. The van der Waals surface area contributed by atoms with Gasteiger partial charge in [0.15, 0.2) is 5.57 Å². The van der Waals surface area contributed by atoms with E-state index in [-0.39, 0.29) is 27.6 Å². The molecule has 0 saturated heterocycles. The van der Waals surface area contributed by atoms with Crippen molar-refractivity contribution in [1.29, 1.82) is 5.26 Å². The normalized spacial score (nSPS) is 12.1. The molecular weight excluding hydrogens is 416 g/mol. The Morgan fingerprint density at radius 3 is 2.69 bits per heavy atom. The van der Waals surface area contributed by atoms with Gasteiger partial charge in [-0.25, -0.2) is 4.98 Å². The van der Waals surface area contributed by atoms with Crippen LogP contribution in [0.4, 0.5) is 11.6 Å². The van der Waals surface area contributed by atoms with Gasteiger partial charge in [-0.15, -0.1) is 22.9 Å².